The summed E-state index contributed by atoms with van der Waals surface area (Å²) in [6.07, 6.45) is 2.90. The maximum absolute atomic E-state index is 4.39. The summed E-state index contributed by atoms with van der Waals surface area (Å²) in [5.74, 6) is 0. The molecule has 0 amide bonds. The lowest BCUT2D eigenvalue weighted by molar-refractivity contribution is 0.294. The molecule has 14 heavy (non-hydrogen) atoms. The minimum atomic E-state index is 1.03. The van der Waals surface area contributed by atoms with E-state index in [0.29, 0.717) is 0 Å². The summed E-state index contributed by atoms with van der Waals surface area (Å²) in [5.41, 5.74) is 2.61. The van der Waals surface area contributed by atoms with Crippen LogP contribution in [-0.4, -0.2) is 23.0 Å². The van der Waals surface area contributed by atoms with E-state index < -0.39 is 0 Å². The van der Waals surface area contributed by atoms with Crippen LogP contribution in [0.1, 0.15) is 32.0 Å². The smallest absolute Gasteiger partial charge is 0.0445 e. The lowest BCUT2D eigenvalue weighted by Gasteiger charge is -2.19. The molecule has 0 saturated heterocycles. The Labute approximate surface area is 87.0 Å². The highest BCUT2D eigenvalue weighted by molar-refractivity contribution is 5.19. The lowest BCUT2D eigenvalue weighted by atomic mass is 10.1. The Morgan fingerprint density at radius 3 is 2.50 bits per heavy atom. The number of pyridine rings is 1. The number of hydrogen-bond acceptors (Lipinski definition) is 2. The van der Waals surface area contributed by atoms with Crippen molar-refractivity contribution in [3.63, 3.8) is 0 Å². The largest absolute Gasteiger partial charge is 0.300 e. The quantitative estimate of drug-likeness (QED) is 0.712. The van der Waals surface area contributed by atoms with Crippen LogP contribution in [0.3, 0.4) is 0 Å². The van der Waals surface area contributed by atoms with E-state index in [-0.39, 0.29) is 0 Å². The van der Waals surface area contributed by atoms with Gasteiger partial charge in [0.15, 0.2) is 0 Å². The second-order valence-electron chi connectivity index (χ2n) is 3.42. The average molecular weight is 192 g/mol. The molecule has 1 heterocycles. The molecule has 78 valence electrons. The van der Waals surface area contributed by atoms with Crippen molar-refractivity contribution in [2.45, 2.75) is 33.7 Å². The molecule has 0 atom stereocenters. The van der Waals surface area contributed by atoms with Crippen LogP contribution in [0.15, 0.2) is 18.3 Å². The summed E-state index contributed by atoms with van der Waals surface area (Å²) in [5, 5.41) is 0. The Kier molecular flexibility index (Phi) is 4.60. The van der Waals surface area contributed by atoms with Crippen molar-refractivity contribution in [3.05, 3.63) is 29.6 Å². The summed E-state index contributed by atoms with van der Waals surface area (Å²) in [6.45, 7) is 9.80. The van der Waals surface area contributed by atoms with Gasteiger partial charge in [-0.3, -0.25) is 9.88 Å². The van der Waals surface area contributed by atoms with Crippen LogP contribution >= 0.6 is 0 Å². The standard InChI is InChI=1S/C12H20N2/c1-4-12-11(8-7-9-13-12)10-14(5-2)6-3/h7-9H,4-6,10H2,1-3H3. The molecule has 0 saturated carbocycles. The fraction of sp³-hybridized carbons (Fsp3) is 0.583. The van der Waals surface area contributed by atoms with Gasteiger partial charge in [-0.25, -0.2) is 0 Å². The third-order valence-corrected chi connectivity index (χ3v) is 2.61. The van der Waals surface area contributed by atoms with Gasteiger partial charge in [0.25, 0.3) is 0 Å². The monoisotopic (exact) mass is 192 g/mol. The first kappa shape index (κ1) is 11.2. The molecule has 0 radical (unpaired) electrons. The summed E-state index contributed by atoms with van der Waals surface area (Å²) in [6, 6.07) is 4.21. The Morgan fingerprint density at radius 2 is 1.93 bits per heavy atom. The van der Waals surface area contributed by atoms with Gasteiger partial charge in [-0.1, -0.05) is 26.8 Å². The molecule has 0 spiro atoms. The maximum atomic E-state index is 4.39. The Morgan fingerprint density at radius 1 is 1.21 bits per heavy atom. The third-order valence-electron chi connectivity index (χ3n) is 2.61. The minimum Gasteiger partial charge on any atom is -0.300 e. The summed E-state index contributed by atoms with van der Waals surface area (Å²) >= 11 is 0. The van der Waals surface area contributed by atoms with E-state index in [9.17, 15) is 0 Å². The third kappa shape index (κ3) is 2.81. The van der Waals surface area contributed by atoms with Crippen LogP contribution in [-0.2, 0) is 13.0 Å². The topological polar surface area (TPSA) is 16.1 Å². The van der Waals surface area contributed by atoms with E-state index in [1.807, 2.05) is 12.3 Å². The first-order valence-corrected chi connectivity index (χ1v) is 5.46. The van der Waals surface area contributed by atoms with Crippen LogP contribution in [0.2, 0.25) is 0 Å². The molecule has 1 rings (SSSR count). The van der Waals surface area contributed by atoms with Gasteiger partial charge in [-0.2, -0.15) is 0 Å². The SMILES string of the molecule is CCc1ncccc1CN(CC)CC. The highest BCUT2D eigenvalue weighted by Gasteiger charge is 2.05. The van der Waals surface area contributed by atoms with E-state index in [1.54, 1.807) is 0 Å². The molecule has 0 aliphatic heterocycles. The van der Waals surface area contributed by atoms with Gasteiger partial charge in [0.1, 0.15) is 0 Å². The molecule has 0 aromatic carbocycles. The van der Waals surface area contributed by atoms with Gasteiger partial charge in [-0.05, 0) is 31.1 Å². The van der Waals surface area contributed by atoms with Gasteiger partial charge in [-0.15, -0.1) is 0 Å². The van der Waals surface area contributed by atoms with Crippen molar-refractivity contribution in [2.75, 3.05) is 13.1 Å². The van der Waals surface area contributed by atoms with Crippen molar-refractivity contribution in [1.29, 1.82) is 0 Å². The molecule has 2 heteroatoms. The zero-order valence-electron chi connectivity index (χ0n) is 9.45. The average Bonchev–Trinajstić information content (AvgIpc) is 2.26. The van der Waals surface area contributed by atoms with Crippen molar-refractivity contribution >= 4 is 0 Å². The maximum Gasteiger partial charge on any atom is 0.0445 e. The molecule has 0 unspecified atom stereocenters. The molecule has 2 nitrogen and oxygen atoms in total. The van der Waals surface area contributed by atoms with Crippen molar-refractivity contribution in [2.24, 2.45) is 0 Å². The van der Waals surface area contributed by atoms with Gasteiger partial charge in [0, 0.05) is 18.4 Å². The normalized spacial score (nSPS) is 10.9. The van der Waals surface area contributed by atoms with Crippen LogP contribution in [0, 0.1) is 0 Å². The van der Waals surface area contributed by atoms with Crippen LogP contribution < -0.4 is 0 Å². The molecule has 0 N–H and O–H groups in total. The Balaban J connectivity index is 2.74. The number of nitrogens with zero attached hydrogens (tertiary/aromatic N) is 2. The summed E-state index contributed by atoms with van der Waals surface area (Å²) in [4.78, 5) is 6.81. The highest BCUT2D eigenvalue weighted by Crippen LogP contribution is 2.09. The van der Waals surface area contributed by atoms with E-state index >= 15 is 0 Å². The zero-order chi connectivity index (χ0) is 10.4. The first-order valence-electron chi connectivity index (χ1n) is 5.46. The predicted octanol–water partition coefficient (Wildman–Crippen LogP) is 2.49. The van der Waals surface area contributed by atoms with Crippen molar-refractivity contribution in [3.8, 4) is 0 Å². The van der Waals surface area contributed by atoms with Gasteiger partial charge in [0.2, 0.25) is 0 Å². The molecule has 1 aromatic heterocycles. The van der Waals surface area contributed by atoms with Crippen LogP contribution in [0.5, 0.6) is 0 Å². The Hall–Kier alpha value is -0.890. The number of rotatable bonds is 5. The molecular formula is C12H20N2. The Bertz CT molecular complexity index is 267. The number of hydrogen-bond donors (Lipinski definition) is 0. The number of aryl methyl sites for hydroxylation is 1. The highest BCUT2D eigenvalue weighted by atomic mass is 15.1. The summed E-state index contributed by atoms with van der Waals surface area (Å²) in [7, 11) is 0. The second-order valence-corrected chi connectivity index (χ2v) is 3.42. The van der Waals surface area contributed by atoms with Gasteiger partial charge < -0.3 is 0 Å². The summed E-state index contributed by atoms with van der Waals surface area (Å²) < 4.78 is 0. The van der Waals surface area contributed by atoms with E-state index in [4.69, 9.17) is 0 Å². The fourth-order valence-corrected chi connectivity index (χ4v) is 1.62. The van der Waals surface area contributed by atoms with Crippen LogP contribution in [0.4, 0.5) is 0 Å². The van der Waals surface area contributed by atoms with Crippen LogP contribution in [0.25, 0.3) is 0 Å². The van der Waals surface area contributed by atoms with Gasteiger partial charge >= 0.3 is 0 Å². The molecule has 0 bridgehead atoms. The second kappa shape index (κ2) is 5.76. The first-order chi connectivity index (χ1) is 6.81. The molecule has 0 fully saturated rings. The molecule has 0 aliphatic carbocycles. The van der Waals surface area contributed by atoms with E-state index in [2.05, 4.69) is 36.7 Å². The van der Waals surface area contributed by atoms with Gasteiger partial charge in [0.05, 0.1) is 0 Å². The number of aromatic nitrogens is 1. The van der Waals surface area contributed by atoms with E-state index in [1.165, 1.54) is 11.3 Å². The zero-order valence-corrected chi connectivity index (χ0v) is 9.45. The lowest BCUT2D eigenvalue weighted by Crippen LogP contribution is -2.23. The molecule has 1 aromatic rings. The minimum absolute atomic E-state index is 1.03. The van der Waals surface area contributed by atoms with Crippen molar-refractivity contribution < 1.29 is 0 Å². The van der Waals surface area contributed by atoms with Crippen molar-refractivity contribution in [1.82, 2.24) is 9.88 Å². The molecular weight excluding hydrogens is 172 g/mol. The predicted molar refractivity (Wildman–Crippen MR) is 60.2 cm³/mol. The molecule has 0 aliphatic rings. The van der Waals surface area contributed by atoms with E-state index in [0.717, 1.165) is 26.1 Å². The fourth-order valence-electron chi connectivity index (χ4n) is 1.62.